The topological polar surface area (TPSA) is 121 Å². The Morgan fingerprint density at radius 1 is 0.575 bits per heavy atom. The van der Waals surface area contributed by atoms with Gasteiger partial charge in [-0.25, -0.2) is 5.43 Å². The largest absolute Gasteiger partial charge is 0.493 e. The Balaban J connectivity index is 1.70. The van der Waals surface area contributed by atoms with Gasteiger partial charge in [-0.2, -0.15) is 10.2 Å². The fourth-order valence-electron chi connectivity index (χ4n) is 3.75. The molecule has 0 atom stereocenters. The van der Waals surface area contributed by atoms with Crippen molar-refractivity contribution in [2.24, 2.45) is 10.2 Å². The molecule has 0 spiro atoms. The standard InChI is InChI=1S/C29H34N4O7/c1-17(20-13-23(35-3)27(39-7)24(14-20)36-4)30-32-22-11-9-19(10-12-22)29(34)33-31-18(2)21-15-25(37-5)28(40-8)26(16-21)38-6/h9-16,32H,1-8H3,(H,33,34)/b30-17+,31-18+. The summed E-state index contributed by atoms with van der Waals surface area (Å²) in [5, 5.41) is 8.67. The average Bonchev–Trinajstić information content (AvgIpc) is 3.00. The molecule has 11 heteroatoms. The lowest BCUT2D eigenvalue weighted by Gasteiger charge is -2.14. The van der Waals surface area contributed by atoms with Gasteiger partial charge in [-0.1, -0.05) is 0 Å². The molecule has 0 fully saturated rings. The Labute approximate surface area is 233 Å². The Morgan fingerprint density at radius 3 is 1.35 bits per heavy atom. The van der Waals surface area contributed by atoms with Gasteiger partial charge in [-0.15, -0.1) is 0 Å². The molecule has 0 aromatic heterocycles. The summed E-state index contributed by atoms with van der Waals surface area (Å²) < 4.78 is 32.3. The lowest BCUT2D eigenvalue weighted by molar-refractivity contribution is 0.0955. The van der Waals surface area contributed by atoms with Gasteiger partial charge in [0.2, 0.25) is 11.5 Å². The second-order valence-corrected chi connectivity index (χ2v) is 8.35. The molecule has 0 bridgehead atoms. The molecule has 0 unspecified atom stereocenters. The van der Waals surface area contributed by atoms with Gasteiger partial charge in [0.15, 0.2) is 23.0 Å². The highest BCUT2D eigenvalue weighted by Crippen LogP contribution is 2.39. The smallest absolute Gasteiger partial charge is 0.271 e. The van der Waals surface area contributed by atoms with Crippen molar-refractivity contribution in [1.82, 2.24) is 5.43 Å². The Morgan fingerprint density at radius 2 is 0.975 bits per heavy atom. The first-order valence-corrected chi connectivity index (χ1v) is 12.2. The number of amides is 1. The minimum Gasteiger partial charge on any atom is -0.493 e. The van der Waals surface area contributed by atoms with E-state index in [2.05, 4.69) is 21.1 Å². The first-order valence-electron chi connectivity index (χ1n) is 12.2. The number of nitrogens with zero attached hydrogens (tertiary/aromatic N) is 2. The van der Waals surface area contributed by atoms with Crippen molar-refractivity contribution in [3.05, 3.63) is 65.2 Å². The highest BCUT2D eigenvalue weighted by atomic mass is 16.5. The van der Waals surface area contributed by atoms with Gasteiger partial charge < -0.3 is 28.4 Å². The van der Waals surface area contributed by atoms with Crippen LogP contribution in [0.1, 0.15) is 35.3 Å². The van der Waals surface area contributed by atoms with Crippen LogP contribution >= 0.6 is 0 Å². The SMILES string of the molecule is COc1cc(/C(C)=N/NC(=O)c2ccc(N/N=C(\C)c3cc(OC)c(OC)c(OC)c3)cc2)cc(OC)c1OC. The van der Waals surface area contributed by atoms with Crippen molar-refractivity contribution < 1.29 is 33.2 Å². The molecule has 0 aliphatic carbocycles. The second-order valence-electron chi connectivity index (χ2n) is 8.35. The molecular formula is C29H34N4O7. The van der Waals surface area contributed by atoms with Crippen LogP contribution in [0, 0.1) is 0 Å². The van der Waals surface area contributed by atoms with Crippen molar-refractivity contribution in [1.29, 1.82) is 0 Å². The van der Waals surface area contributed by atoms with E-state index in [1.807, 2.05) is 19.1 Å². The number of ether oxygens (including phenoxy) is 6. The second kappa shape index (κ2) is 13.7. The number of carbonyl (C=O) groups is 1. The molecule has 3 rings (SSSR count). The van der Waals surface area contributed by atoms with Crippen LogP contribution in [0.2, 0.25) is 0 Å². The fraction of sp³-hybridized carbons (Fsp3) is 0.276. The third-order valence-corrected chi connectivity index (χ3v) is 5.99. The lowest BCUT2D eigenvalue weighted by Crippen LogP contribution is -2.19. The van der Waals surface area contributed by atoms with E-state index >= 15 is 0 Å². The molecule has 1 amide bonds. The van der Waals surface area contributed by atoms with E-state index in [9.17, 15) is 4.79 Å². The molecule has 11 nitrogen and oxygen atoms in total. The van der Waals surface area contributed by atoms with E-state index in [0.717, 1.165) is 5.56 Å². The van der Waals surface area contributed by atoms with E-state index in [1.165, 1.54) is 21.3 Å². The highest BCUT2D eigenvalue weighted by Gasteiger charge is 2.16. The number of methoxy groups -OCH3 is 6. The van der Waals surface area contributed by atoms with Crippen LogP contribution in [0.4, 0.5) is 5.69 Å². The van der Waals surface area contributed by atoms with E-state index in [4.69, 9.17) is 28.4 Å². The Hall–Kier alpha value is -4.93. The van der Waals surface area contributed by atoms with E-state index in [0.29, 0.717) is 62.7 Å². The van der Waals surface area contributed by atoms with Crippen molar-refractivity contribution in [3.8, 4) is 34.5 Å². The van der Waals surface area contributed by atoms with Crippen molar-refractivity contribution in [2.75, 3.05) is 48.1 Å². The van der Waals surface area contributed by atoms with Gasteiger partial charge >= 0.3 is 0 Å². The summed E-state index contributed by atoms with van der Waals surface area (Å²) in [7, 11) is 9.27. The Bertz CT molecular complexity index is 1350. The number of benzene rings is 3. The molecule has 0 aliphatic rings. The number of nitrogens with one attached hydrogen (secondary N) is 2. The molecule has 0 aliphatic heterocycles. The highest BCUT2D eigenvalue weighted by molar-refractivity contribution is 6.02. The zero-order valence-corrected chi connectivity index (χ0v) is 23.9. The van der Waals surface area contributed by atoms with Crippen LogP contribution in [0.5, 0.6) is 34.5 Å². The maximum Gasteiger partial charge on any atom is 0.271 e. The Kier molecular flexibility index (Phi) is 10.2. The molecule has 3 aromatic carbocycles. The number of hydrazone groups is 2. The summed E-state index contributed by atoms with van der Waals surface area (Å²) in [4.78, 5) is 12.7. The van der Waals surface area contributed by atoms with Crippen molar-refractivity contribution in [3.63, 3.8) is 0 Å². The lowest BCUT2D eigenvalue weighted by atomic mass is 10.1. The normalized spacial score (nSPS) is 11.4. The summed E-state index contributed by atoms with van der Waals surface area (Å²) >= 11 is 0. The van der Waals surface area contributed by atoms with Crippen LogP contribution in [0.15, 0.2) is 58.7 Å². The number of carbonyl (C=O) groups excluding carboxylic acids is 1. The van der Waals surface area contributed by atoms with Gasteiger partial charge in [-0.3, -0.25) is 10.2 Å². The van der Waals surface area contributed by atoms with Gasteiger partial charge in [0.25, 0.3) is 5.91 Å². The van der Waals surface area contributed by atoms with Crippen molar-refractivity contribution in [2.45, 2.75) is 13.8 Å². The summed E-state index contributed by atoms with van der Waals surface area (Å²) in [5.41, 5.74) is 9.44. The number of hydrogen-bond acceptors (Lipinski definition) is 10. The molecule has 2 N–H and O–H groups in total. The maximum atomic E-state index is 12.7. The molecule has 40 heavy (non-hydrogen) atoms. The number of anilines is 1. The van der Waals surface area contributed by atoms with Gasteiger partial charge in [0, 0.05) is 16.7 Å². The fourth-order valence-corrected chi connectivity index (χ4v) is 3.75. The van der Waals surface area contributed by atoms with Gasteiger partial charge in [0.1, 0.15) is 0 Å². The first-order chi connectivity index (χ1) is 19.3. The zero-order chi connectivity index (χ0) is 29.2. The number of rotatable bonds is 12. The molecule has 0 heterocycles. The summed E-state index contributed by atoms with van der Waals surface area (Å²) in [5.74, 6) is 2.66. The average molecular weight is 551 g/mol. The molecule has 0 radical (unpaired) electrons. The molecule has 3 aromatic rings. The predicted molar refractivity (Wildman–Crippen MR) is 154 cm³/mol. The monoisotopic (exact) mass is 550 g/mol. The van der Waals surface area contributed by atoms with Crippen LogP contribution in [0.25, 0.3) is 0 Å². The zero-order valence-electron chi connectivity index (χ0n) is 23.9. The molecule has 212 valence electrons. The van der Waals surface area contributed by atoms with E-state index < -0.39 is 0 Å². The molecule has 0 saturated carbocycles. The molecular weight excluding hydrogens is 516 g/mol. The van der Waals surface area contributed by atoms with Crippen LogP contribution in [-0.4, -0.2) is 60.0 Å². The minimum atomic E-state index is -0.365. The van der Waals surface area contributed by atoms with Crippen LogP contribution in [-0.2, 0) is 0 Å². The predicted octanol–water partition coefficient (Wildman–Crippen LogP) is 4.73. The van der Waals surface area contributed by atoms with Gasteiger partial charge in [0.05, 0.1) is 59.8 Å². The van der Waals surface area contributed by atoms with E-state index in [-0.39, 0.29) is 5.91 Å². The van der Waals surface area contributed by atoms with Crippen molar-refractivity contribution >= 4 is 23.0 Å². The van der Waals surface area contributed by atoms with E-state index in [1.54, 1.807) is 64.7 Å². The first kappa shape index (κ1) is 29.6. The summed E-state index contributed by atoms with van der Waals surface area (Å²) in [6, 6.07) is 14.0. The van der Waals surface area contributed by atoms with Gasteiger partial charge in [-0.05, 0) is 62.4 Å². The quantitative estimate of drug-likeness (QED) is 0.245. The minimum absolute atomic E-state index is 0.365. The maximum absolute atomic E-state index is 12.7. The summed E-state index contributed by atoms with van der Waals surface area (Å²) in [6.45, 7) is 3.62. The third-order valence-electron chi connectivity index (χ3n) is 5.99. The summed E-state index contributed by atoms with van der Waals surface area (Å²) in [6.07, 6.45) is 0. The molecule has 0 saturated heterocycles. The third kappa shape index (κ3) is 6.73. The number of hydrogen-bond donors (Lipinski definition) is 2. The van der Waals surface area contributed by atoms with Crippen LogP contribution in [0.3, 0.4) is 0 Å². The van der Waals surface area contributed by atoms with Crippen LogP contribution < -0.4 is 39.3 Å².